The Balaban J connectivity index is 1.78. The van der Waals surface area contributed by atoms with Gasteiger partial charge in [-0.3, -0.25) is 19.5 Å². The molecule has 0 saturated carbocycles. The smallest absolute Gasteiger partial charge is 0.422 e. The zero-order valence-corrected chi connectivity index (χ0v) is 15.2. The van der Waals surface area contributed by atoms with Crippen LogP contribution in [0.1, 0.15) is 16.2 Å². The molecule has 0 bridgehead atoms. The van der Waals surface area contributed by atoms with Gasteiger partial charge >= 0.3 is 6.18 Å². The molecule has 0 fully saturated rings. The second-order valence-electron chi connectivity index (χ2n) is 5.98. The van der Waals surface area contributed by atoms with Gasteiger partial charge in [0, 0.05) is 11.8 Å². The van der Waals surface area contributed by atoms with Crippen molar-refractivity contribution in [2.75, 3.05) is 6.61 Å². The Hall–Kier alpha value is -3.96. The van der Waals surface area contributed by atoms with Crippen molar-refractivity contribution in [2.24, 2.45) is 0 Å². The lowest BCUT2D eigenvalue weighted by Crippen LogP contribution is -2.25. The summed E-state index contributed by atoms with van der Waals surface area (Å²) in [5, 5.41) is 21.4. The predicted molar refractivity (Wildman–Crippen MR) is 97.2 cm³/mol. The average molecular weight is 421 g/mol. The summed E-state index contributed by atoms with van der Waals surface area (Å²) in [7, 11) is 0. The number of alkyl halides is 3. The molecule has 30 heavy (non-hydrogen) atoms. The van der Waals surface area contributed by atoms with Gasteiger partial charge in [0.2, 0.25) is 0 Å². The van der Waals surface area contributed by atoms with Gasteiger partial charge in [0.1, 0.15) is 17.6 Å². The number of ether oxygens (including phenoxy) is 1. The first-order valence-electron chi connectivity index (χ1n) is 8.45. The van der Waals surface area contributed by atoms with Crippen molar-refractivity contribution < 1.29 is 27.6 Å². The minimum atomic E-state index is -4.59. The van der Waals surface area contributed by atoms with Gasteiger partial charge in [0.15, 0.2) is 12.4 Å². The SMILES string of the molecule is O=C(NCc1nncn1-c1ccccc1)c1cc(OCC(F)(F)F)ccc1[N+](=O)[O-]. The summed E-state index contributed by atoms with van der Waals surface area (Å²) in [4.78, 5) is 22.9. The molecule has 156 valence electrons. The first kappa shape index (κ1) is 20.8. The van der Waals surface area contributed by atoms with E-state index in [4.69, 9.17) is 0 Å². The highest BCUT2D eigenvalue weighted by Gasteiger charge is 2.29. The Bertz CT molecular complexity index is 1050. The molecule has 0 aliphatic heterocycles. The Labute approximate surface area is 167 Å². The molecule has 3 aromatic rings. The molecule has 0 radical (unpaired) electrons. The molecule has 9 nitrogen and oxygen atoms in total. The van der Waals surface area contributed by atoms with Crippen LogP contribution < -0.4 is 10.1 Å². The fourth-order valence-electron chi connectivity index (χ4n) is 2.55. The number of rotatable bonds is 7. The van der Waals surface area contributed by atoms with Gasteiger partial charge in [-0.25, -0.2) is 0 Å². The zero-order chi connectivity index (χ0) is 21.7. The molecular formula is C18H14F3N5O4. The molecule has 0 aliphatic rings. The number of hydrogen-bond acceptors (Lipinski definition) is 6. The molecular weight excluding hydrogens is 407 g/mol. The first-order chi connectivity index (χ1) is 14.2. The molecule has 0 aliphatic carbocycles. The van der Waals surface area contributed by atoms with Crippen LogP contribution in [0.25, 0.3) is 5.69 Å². The number of carbonyl (C=O) groups excluding carboxylic acids is 1. The highest BCUT2D eigenvalue weighted by Crippen LogP contribution is 2.26. The average Bonchev–Trinajstić information content (AvgIpc) is 3.19. The maximum atomic E-state index is 12.5. The van der Waals surface area contributed by atoms with E-state index in [-0.39, 0.29) is 12.3 Å². The third-order valence-electron chi connectivity index (χ3n) is 3.87. The molecule has 1 amide bonds. The molecule has 3 rings (SSSR count). The summed E-state index contributed by atoms with van der Waals surface area (Å²) in [6.45, 7) is -1.72. The van der Waals surface area contributed by atoms with Crippen molar-refractivity contribution >= 4 is 11.6 Å². The van der Waals surface area contributed by atoms with Crippen molar-refractivity contribution in [1.29, 1.82) is 0 Å². The monoisotopic (exact) mass is 421 g/mol. The number of aromatic nitrogens is 3. The largest absolute Gasteiger partial charge is 0.484 e. The number of para-hydroxylation sites is 1. The van der Waals surface area contributed by atoms with Crippen LogP contribution in [0, 0.1) is 10.1 Å². The van der Waals surface area contributed by atoms with Gasteiger partial charge in [-0.15, -0.1) is 10.2 Å². The summed E-state index contributed by atoms with van der Waals surface area (Å²) >= 11 is 0. The molecule has 2 aromatic carbocycles. The first-order valence-corrected chi connectivity index (χ1v) is 8.45. The van der Waals surface area contributed by atoms with Crippen LogP contribution in [0.15, 0.2) is 54.9 Å². The van der Waals surface area contributed by atoms with E-state index >= 15 is 0 Å². The minimum Gasteiger partial charge on any atom is -0.484 e. The predicted octanol–water partition coefficient (Wildman–Crippen LogP) is 3.05. The van der Waals surface area contributed by atoms with E-state index in [1.165, 1.54) is 6.33 Å². The van der Waals surface area contributed by atoms with E-state index in [0.717, 1.165) is 23.9 Å². The topological polar surface area (TPSA) is 112 Å². The number of nitro benzene ring substituents is 1. The third kappa shape index (κ3) is 5.10. The number of halogens is 3. The Morgan fingerprint density at radius 3 is 2.60 bits per heavy atom. The summed E-state index contributed by atoms with van der Waals surface area (Å²) < 4.78 is 43.2. The number of nitrogens with one attached hydrogen (secondary N) is 1. The van der Waals surface area contributed by atoms with Crippen LogP contribution in [0.3, 0.4) is 0 Å². The van der Waals surface area contributed by atoms with Gasteiger partial charge in [-0.2, -0.15) is 13.2 Å². The highest BCUT2D eigenvalue weighted by molar-refractivity contribution is 5.98. The lowest BCUT2D eigenvalue weighted by Gasteiger charge is -2.11. The van der Waals surface area contributed by atoms with Crippen molar-refractivity contribution in [2.45, 2.75) is 12.7 Å². The van der Waals surface area contributed by atoms with Crippen LogP contribution in [-0.2, 0) is 6.54 Å². The fourth-order valence-corrected chi connectivity index (χ4v) is 2.55. The summed E-state index contributed by atoms with van der Waals surface area (Å²) in [5.74, 6) is -0.848. The van der Waals surface area contributed by atoms with Gasteiger partial charge in [-0.1, -0.05) is 18.2 Å². The number of amides is 1. The Morgan fingerprint density at radius 2 is 1.93 bits per heavy atom. The number of benzene rings is 2. The summed E-state index contributed by atoms with van der Waals surface area (Å²) in [6.07, 6.45) is -3.16. The lowest BCUT2D eigenvalue weighted by atomic mass is 10.1. The summed E-state index contributed by atoms with van der Waals surface area (Å²) in [6, 6.07) is 11.8. The van der Waals surface area contributed by atoms with E-state index in [1.807, 2.05) is 6.07 Å². The number of nitro groups is 1. The highest BCUT2D eigenvalue weighted by atomic mass is 19.4. The van der Waals surface area contributed by atoms with E-state index < -0.39 is 34.9 Å². The van der Waals surface area contributed by atoms with Gasteiger partial charge in [0.05, 0.1) is 11.5 Å². The number of hydrogen-bond donors (Lipinski definition) is 1. The molecule has 0 saturated heterocycles. The van der Waals surface area contributed by atoms with Crippen LogP contribution >= 0.6 is 0 Å². The van der Waals surface area contributed by atoms with Gasteiger partial charge in [-0.05, 0) is 24.3 Å². The van der Waals surface area contributed by atoms with E-state index in [9.17, 15) is 28.1 Å². The second kappa shape index (κ2) is 8.59. The van der Waals surface area contributed by atoms with E-state index in [0.29, 0.717) is 5.82 Å². The Morgan fingerprint density at radius 1 is 1.20 bits per heavy atom. The van der Waals surface area contributed by atoms with Gasteiger partial charge < -0.3 is 10.1 Å². The number of carbonyl (C=O) groups is 1. The van der Waals surface area contributed by atoms with E-state index in [2.05, 4.69) is 20.3 Å². The van der Waals surface area contributed by atoms with Crippen molar-refractivity contribution in [3.63, 3.8) is 0 Å². The summed E-state index contributed by atoms with van der Waals surface area (Å²) in [5.41, 5.74) is -0.276. The van der Waals surface area contributed by atoms with Crippen molar-refractivity contribution in [3.05, 3.63) is 76.4 Å². The molecule has 12 heteroatoms. The second-order valence-corrected chi connectivity index (χ2v) is 5.98. The van der Waals surface area contributed by atoms with E-state index in [1.54, 1.807) is 28.8 Å². The van der Waals surface area contributed by atoms with Crippen molar-refractivity contribution in [1.82, 2.24) is 20.1 Å². The normalized spacial score (nSPS) is 11.2. The molecule has 1 heterocycles. The minimum absolute atomic E-state index is 0.126. The lowest BCUT2D eigenvalue weighted by molar-refractivity contribution is -0.385. The maximum absolute atomic E-state index is 12.5. The van der Waals surface area contributed by atoms with Gasteiger partial charge in [0.25, 0.3) is 11.6 Å². The van der Waals surface area contributed by atoms with Crippen LogP contribution in [-0.4, -0.2) is 38.4 Å². The van der Waals surface area contributed by atoms with Crippen molar-refractivity contribution in [3.8, 4) is 11.4 Å². The Kier molecular flexibility index (Phi) is 5.95. The molecule has 0 spiro atoms. The molecule has 1 aromatic heterocycles. The fraction of sp³-hybridized carbons (Fsp3) is 0.167. The van der Waals surface area contributed by atoms with Crippen LogP contribution in [0.2, 0.25) is 0 Å². The van der Waals surface area contributed by atoms with Crippen LogP contribution in [0.4, 0.5) is 18.9 Å². The maximum Gasteiger partial charge on any atom is 0.422 e. The quantitative estimate of drug-likeness (QED) is 0.464. The number of nitrogens with zero attached hydrogens (tertiary/aromatic N) is 4. The third-order valence-corrected chi connectivity index (χ3v) is 3.87. The molecule has 0 atom stereocenters. The molecule has 0 unspecified atom stereocenters. The zero-order valence-electron chi connectivity index (χ0n) is 15.2. The van der Waals surface area contributed by atoms with Crippen LogP contribution in [0.5, 0.6) is 5.75 Å². The standard InChI is InChI=1S/C18H14F3N5O4/c19-18(20,21)10-30-13-6-7-15(26(28)29)14(8-13)17(27)22-9-16-24-23-11-25(16)12-4-2-1-3-5-12/h1-8,11H,9-10H2,(H,22,27). The molecule has 1 N–H and O–H groups in total.